The molecule has 0 saturated heterocycles. The van der Waals surface area contributed by atoms with Crippen LogP contribution in [0.3, 0.4) is 0 Å². The number of carbonyl (C=O) groups is 2. The van der Waals surface area contributed by atoms with Gasteiger partial charge in [0.25, 0.3) is 0 Å². The van der Waals surface area contributed by atoms with Crippen molar-refractivity contribution in [2.24, 2.45) is 5.73 Å². The lowest BCUT2D eigenvalue weighted by molar-refractivity contribution is 0.0695. The third kappa shape index (κ3) is 1.80. The number of hydrogen-bond donors (Lipinski definition) is 2. The minimum absolute atomic E-state index is 0.0530. The van der Waals surface area contributed by atoms with Crippen molar-refractivity contribution in [1.29, 1.82) is 0 Å². The number of rotatable bonds is 3. The predicted molar refractivity (Wildman–Crippen MR) is 51.3 cm³/mol. The molecule has 0 fully saturated rings. The molecule has 0 aliphatic carbocycles. The van der Waals surface area contributed by atoms with Crippen molar-refractivity contribution in [3.05, 3.63) is 34.9 Å². The first-order chi connectivity index (χ1) is 6.57. The smallest absolute Gasteiger partial charge is 0.336 e. The summed E-state index contributed by atoms with van der Waals surface area (Å²) in [5, 5.41) is 8.84. The van der Waals surface area contributed by atoms with E-state index in [-0.39, 0.29) is 17.9 Å². The summed E-state index contributed by atoms with van der Waals surface area (Å²) in [4.78, 5) is 21.9. The van der Waals surface area contributed by atoms with Crippen LogP contribution in [-0.4, -0.2) is 16.9 Å². The van der Waals surface area contributed by atoms with E-state index in [0.717, 1.165) is 0 Å². The summed E-state index contributed by atoms with van der Waals surface area (Å²) in [5.74, 6) is -1.23. The van der Waals surface area contributed by atoms with Crippen molar-refractivity contribution in [3.8, 4) is 0 Å². The molecule has 4 nitrogen and oxygen atoms in total. The molecule has 1 aromatic carbocycles. The van der Waals surface area contributed by atoms with Crippen LogP contribution in [0.4, 0.5) is 0 Å². The molecule has 0 radical (unpaired) electrons. The van der Waals surface area contributed by atoms with Crippen molar-refractivity contribution in [1.82, 2.24) is 0 Å². The number of aromatic carboxylic acids is 1. The number of carboxylic acid groups (broad SMARTS) is 1. The summed E-state index contributed by atoms with van der Waals surface area (Å²) in [6.45, 7) is 1.44. The summed E-state index contributed by atoms with van der Waals surface area (Å²) in [5.41, 5.74) is 6.29. The lowest BCUT2D eigenvalue weighted by Gasteiger charge is -2.07. The standard InChI is InChI=1S/C10H11NO3/c1-6(12)7-3-2-4-8(10(13)14)9(7)5-11/h2-4H,5,11H2,1H3,(H,13,14). The first kappa shape index (κ1) is 10.4. The number of nitrogens with two attached hydrogens (primary N) is 1. The Morgan fingerprint density at radius 1 is 1.36 bits per heavy atom. The van der Waals surface area contributed by atoms with Crippen LogP contribution in [0, 0.1) is 0 Å². The van der Waals surface area contributed by atoms with Gasteiger partial charge in [0.1, 0.15) is 0 Å². The van der Waals surface area contributed by atoms with Gasteiger partial charge >= 0.3 is 5.97 Å². The minimum Gasteiger partial charge on any atom is -0.478 e. The Morgan fingerprint density at radius 3 is 2.36 bits per heavy atom. The van der Waals surface area contributed by atoms with E-state index in [1.165, 1.54) is 13.0 Å². The average molecular weight is 193 g/mol. The fourth-order valence-corrected chi connectivity index (χ4v) is 1.34. The highest BCUT2D eigenvalue weighted by Crippen LogP contribution is 2.15. The van der Waals surface area contributed by atoms with E-state index in [0.29, 0.717) is 11.1 Å². The molecule has 74 valence electrons. The van der Waals surface area contributed by atoms with Crippen LogP contribution in [0.1, 0.15) is 33.2 Å². The van der Waals surface area contributed by atoms with Gasteiger partial charge in [-0.3, -0.25) is 4.79 Å². The number of hydrogen-bond acceptors (Lipinski definition) is 3. The summed E-state index contributed by atoms with van der Waals surface area (Å²) in [7, 11) is 0. The maximum absolute atomic E-state index is 11.2. The van der Waals surface area contributed by atoms with Gasteiger partial charge in [-0.05, 0) is 18.6 Å². The third-order valence-electron chi connectivity index (χ3n) is 1.99. The zero-order chi connectivity index (χ0) is 10.7. The lowest BCUT2D eigenvalue weighted by atomic mass is 9.99. The van der Waals surface area contributed by atoms with Crippen molar-refractivity contribution in [3.63, 3.8) is 0 Å². The summed E-state index contributed by atoms with van der Waals surface area (Å²) >= 11 is 0. The maximum Gasteiger partial charge on any atom is 0.336 e. The molecule has 0 saturated carbocycles. The minimum atomic E-state index is -1.06. The highest BCUT2D eigenvalue weighted by molar-refractivity contribution is 5.99. The third-order valence-corrected chi connectivity index (χ3v) is 1.99. The maximum atomic E-state index is 11.2. The zero-order valence-electron chi connectivity index (χ0n) is 7.78. The van der Waals surface area contributed by atoms with Crippen molar-refractivity contribution >= 4 is 11.8 Å². The number of ketones is 1. The van der Waals surface area contributed by atoms with Gasteiger partial charge in [0.15, 0.2) is 5.78 Å². The largest absolute Gasteiger partial charge is 0.478 e. The van der Waals surface area contributed by atoms with Gasteiger partial charge in [0.05, 0.1) is 5.56 Å². The highest BCUT2D eigenvalue weighted by Gasteiger charge is 2.14. The molecule has 14 heavy (non-hydrogen) atoms. The van der Waals surface area contributed by atoms with Gasteiger partial charge in [-0.1, -0.05) is 12.1 Å². The molecule has 0 aliphatic rings. The average Bonchev–Trinajstić information content (AvgIpc) is 2.16. The van der Waals surface area contributed by atoms with E-state index >= 15 is 0 Å². The van der Waals surface area contributed by atoms with E-state index in [4.69, 9.17) is 10.8 Å². The molecule has 1 rings (SSSR count). The molecule has 0 spiro atoms. The van der Waals surface area contributed by atoms with Crippen LogP contribution in [0.15, 0.2) is 18.2 Å². The Balaban J connectivity index is 3.39. The quantitative estimate of drug-likeness (QED) is 0.703. The van der Waals surface area contributed by atoms with E-state index in [2.05, 4.69) is 0 Å². The Morgan fingerprint density at radius 2 is 1.93 bits per heavy atom. The van der Waals surface area contributed by atoms with Gasteiger partial charge in [-0.2, -0.15) is 0 Å². The van der Waals surface area contributed by atoms with Gasteiger partial charge in [-0.25, -0.2) is 4.79 Å². The van der Waals surface area contributed by atoms with Crippen molar-refractivity contribution < 1.29 is 14.7 Å². The number of benzene rings is 1. The van der Waals surface area contributed by atoms with Crippen molar-refractivity contribution in [2.75, 3.05) is 0 Å². The Kier molecular flexibility index (Phi) is 2.99. The molecule has 3 N–H and O–H groups in total. The lowest BCUT2D eigenvalue weighted by Crippen LogP contribution is -2.12. The SMILES string of the molecule is CC(=O)c1cccc(C(=O)O)c1CN. The first-order valence-electron chi connectivity index (χ1n) is 4.14. The van der Waals surface area contributed by atoms with Gasteiger partial charge in [0.2, 0.25) is 0 Å². The molecular formula is C10H11NO3. The molecule has 0 aliphatic heterocycles. The monoisotopic (exact) mass is 193 g/mol. The molecule has 0 aromatic heterocycles. The normalized spacial score (nSPS) is 9.86. The van der Waals surface area contributed by atoms with Gasteiger partial charge < -0.3 is 10.8 Å². The van der Waals surface area contributed by atoms with E-state index in [9.17, 15) is 9.59 Å². The molecule has 4 heteroatoms. The molecule has 0 unspecified atom stereocenters. The van der Waals surface area contributed by atoms with Crippen LogP contribution in [-0.2, 0) is 6.54 Å². The fraction of sp³-hybridized carbons (Fsp3) is 0.200. The zero-order valence-corrected chi connectivity index (χ0v) is 7.78. The van der Waals surface area contributed by atoms with Crippen LogP contribution in [0.5, 0.6) is 0 Å². The van der Waals surface area contributed by atoms with E-state index in [1.54, 1.807) is 12.1 Å². The number of carboxylic acids is 1. The fourth-order valence-electron chi connectivity index (χ4n) is 1.34. The predicted octanol–water partition coefficient (Wildman–Crippen LogP) is 1.05. The second-order valence-electron chi connectivity index (χ2n) is 2.90. The topological polar surface area (TPSA) is 80.4 Å². The van der Waals surface area contributed by atoms with Crippen LogP contribution >= 0.6 is 0 Å². The summed E-state index contributed by atoms with van der Waals surface area (Å²) in [6.07, 6.45) is 0. The molecule has 0 amide bonds. The number of Topliss-reactive ketones (excluding diaryl/α,β-unsaturated/α-hetero) is 1. The summed E-state index contributed by atoms with van der Waals surface area (Å²) in [6, 6.07) is 4.56. The van der Waals surface area contributed by atoms with E-state index in [1.807, 2.05) is 0 Å². The van der Waals surface area contributed by atoms with Crippen LogP contribution in [0.2, 0.25) is 0 Å². The van der Waals surface area contributed by atoms with Crippen molar-refractivity contribution in [2.45, 2.75) is 13.5 Å². The molecule has 1 aromatic rings. The van der Waals surface area contributed by atoms with Gasteiger partial charge in [-0.15, -0.1) is 0 Å². The Labute approximate surface area is 81.3 Å². The second kappa shape index (κ2) is 4.02. The Bertz CT molecular complexity index is 353. The van der Waals surface area contributed by atoms with E-state index < -0.39 is 5.97 Å². The van der Waals surface area contributed by atoms with Crippen LogP contribution in [0.25, 0.3) is 0 Å². The van der Waals surface area contributed by atoms with Crippen LogP contribution < -0.4 is 5.73 Å². The number of carbonyl (C=O) groups excluding carboxylic acids is 1. The molecule has 0 heterocycles. The second-order valence-corrected chi connectivity index (χ2v) is 2.90. The molecular weight excluding hydrogens is 182 g/mol. The molecule has 0 bridgehead atoms. The highest BCUT2D eigenvalue weighted by atomic mass is 16.4. The van der Waals surface area contributed by atoms with Gasteiger partial charge in [0, 0.05) is 12.1 Å². The summed E-state index contributed by atoms with van der Waals surface area (Å²) < 4.78 is 0. The Hall–Kier alpha value is -1.68. The first-order valence-corrected chi connectivity index (χ1v) is 4.14. The molecule has 0 atom stereocenters.